The number of carbonyl (C=O) groups is 1. The van der Waals surface area contributed by atoms with Crippen LogP contribution in [0, 0.1) is 7.14 Å². The van der Waals surface area contributed by atoms with Crippen LogP contribution in [0.5, 0.6) is 5.75 Å². The number of carbonyl (C=O) groups excluding carboxylic acids is 1. The first-order valence-corrected chi connectivity index (χ1v) is 12.5. The molecule has 0 N–H and O–H groups in total. The monoisotopic (exact) mass is 631 g/mol. The van der Waals surface area contributed by atoms with Crippen LogP contribution in [0.3, 0.4) is 0 Å². The van der Waals surface area contributed by atoms with Crippen molar-refractivity contribution in [3.8, 4) is 5.75 Å². The van der Waals surface area contributed by atoms with Gasteiger partial charge in [-0.1, -0.05) is 38.5 Å². The van der Waals surface area contributed by atoms with Crippen molar-refractivity contribution in [2.45, 2.75) is 33.1 Å². The number of likely N-dealkylation sites (N-methyl/N-ethyl adjacent to an activating group) is 1. The second-order valence-electron chi connectivity index (χ2n) is 7.34. The Labute approximate surface area is 205 Å². The molecule has 3 aromatic rings. The molecule has 3 rings (SSSR count). The van der Waals surface area contributed by atoms with Crippen LogP contribution in [0.2, 0.25) is 0 Å². The molecule has 0 fully saturated rings. The Morgan fingerprint density at radius 3 is 2.50 bits per heavy atom. The molecule has 0 aliphatic heterocycles. The zero-order valence-electron chi connectivity index (χ0n) is 17.6. The van der Waals surface area contributed by atoms with Crippen LogP contribution in [0.4, 0.5) is 0 Å². The van der Waals surface area contributed by atoms with E-state index in [0.717, 1.165) is 62.0 Å². The number of para-hydroxylation sites is 1. The number of nitrogens with zero attached hydrogens (tertiary/aromatic N) is 1. The fourth-order valence-corrected chi connectivity index (χ4v) is 5.37. The summed E-state index contributed by atoms with van der Waals surface area (Å²) in [5.74, 6) is 1.65. The van der Waals surface area contributed by atoms with E-state index in [0.29, 0.717) is 17.7 Å². The van der Waals surface area contributed by atoms with E-state index in [1.807, 2.05) is 36.4 Å². The van der Waals surface area contributed by atoms with Crippen LogP contribution in [0.25, 0.3) is 11.0 Å². The Bertz CT molecular complexity index is 1010. The maximum atomic E-state index is 13.5. The largest absolute Gasteiger partial charge is 0.490 e. The summed E-state index contributed by atoms with van der Waals surface area (Å²) in [5, 5.41) is 0.890. The van der Waals surface area contributed by atoms with E-state index in [-0.39, 0.29) is 5.78 Å². The molecule has 0 atom stereocenters. The van der Waals surface area contributed by atoms with Gasteiger partial charge in [0.25, 0.3) is 0 Å². The molecule has 0 saturated carbocycles. The number of fused-ring (bicyclic) bond motifs is 1. The van der Waals surface area contributed by atoms with Crippen molar-refractivity contribution in [3.63, 3.8) is 0 Å². The zero-order chi connectivity index (χ0) is 21.7. The number of unbranched alkanes of at least 4 members (excludes halogenated alkanes) is 1. The lowest BCUT2D eigenvalue weighted by molar-refractivity contribution is 0.103. The minimum absolute atomic E-state index is 0.0131. The van der Waals surface area contributed by atoms with E-state index in [9.17, 15) is 4.79 Å². The molecule has 0 bridgehead atoms. The predicted molar refractivity (Wildman–Crippen MR) is 139 cm³/mol. The van der Waals surface area contributed by atoms with Crippen molar-refractivity contribution in [1.29, 1.82) is 0 Å². The van der Waals surface area contributed by atoms with Crippen LogP contribution in [0.15, 0.2) is 40.8 Å². The van der Waals surface area contributed by atoms with Crippen molar-refractivity contribution in [2.24, 2.45) is 0 Å². The Hall–Kier alpha value is -1.13. The molecular formula is C24H27I2NO3. The average molecular weight is 631 g/mol. The molecule has 0 aliphatic rings. The number of hydrogen-bond acceptors (Lipinski definition) is 4. The molecule has 160 valence electrons. The summed E-state index contributed by atoms with van der Waals surface area (Å²) in [6.07, 6.45) is 2.82. The maximum Gasteiger partial charge on any atom is 0.197 e. The molecule has 0 spiro atoms. The Balaban J connectivity index is 1.92. The van der Waals surface area contributed by atoms with Crippen LogP contribution in [-0.2, 0) is 6.42 Å². The Morgan fingerprint density at radius 1 is 1.13 bits per heavy atom. The Kier molecular flexibility index (Phi) is 8.59. The van der Waals surface area contributed by atoms with Gasteiger partial charge in [-0.2, -0.15) is 0 Å². The molecule has 0 amide bonds. The van der Waals surface area contributed by atoms with E-state index in [1.165, 1.54) is 0 Å². The van der Waals surface area contributed by atoms with Gasteiger partial charge in [0.15, 0.2) is 5.78 Å². The second-order valence-corrected chi connectivity index (χ2v) is 9.67. The summed E-state index contributed by atoms with van der Waals surface area (Å²) >= 11 is 4.52. The van der Waals surface area contributed by atoms with Gasteiger partial charge in [0.2, 0.25) is 0 Å². The lowest BCUT2D eigenvalue weighted by Gasteiger charge is -2.16. The minimum atomic E-state index is 0.0131. The predicted octanol–water partition coefficient (Wildman–Crippen LogP) is 6.55. The topological polar surface area (TPSA) is 42.7 Å². The molecule has 2 aromatic carbocycles. The molecule has 0 radical (unpaired) electrons. The highest BCUT2D eigenvalue weighted by molar-refractivity contribution is 14.1. The average Bonchev–Trinajstić information content (AvgIpc) is 3.11. The van der Waals surface area contributed by atoms with E-state index >= 15 is 0 Å². The number of rotatable bonds is 10. The third kappa shape index (κ3) is 5.37. The molecule has 4 nitrogen and oxygen atoms in total. The first-order chi connectivity index (χ1) is 14.5. The van der Waals surface area contributed by atoms with Crippen LogP contribution in [0.1, 0.15) is 48.4 Å². The van der Waals surface area contributed by atoms with Crippen molar-refractivity contribution in [1.82, 2.24) is 4.90 Å². The fraction of sp³-hybridized carbons (Fsp3) is 0.375. The lowest BCUT2D eigenvalue weighted by atomic mass is 9.98. The van der Waals surface area contributed by atoms with Gasteiger partial charge in [0, 0.05) is 23.9 Å². The van der Waals surface area contributed by atoms with Gasteiger partial charge in [-0.15, -0.1) is 0 Å². The summed E-state index contributed by atoms with van der Waals surface area (Å²) in [4.78, 5) is 15.8. The summed E-state index contributed by atoms with van der Waals surface area (Å²) in [6, 6.07) is 11.6. The molecule has 30 heavy (non-hydrogen) atoms. The van der Waals surface area contributed by atoms with Gasteiger partial charge >= 0.3 is 0 Å². The third-order valence-electron chi connectivity index (χ3n) is 5.17. The third-order valence-corrected chi connectivity index (χ3v) is 6.78. The summed E-state index contributed by atoms with van der Waals surface area (Å²) in [5.41, 5.74) is 2.14. The van der Waals surface area contributed by atoms with Gasteiger partial charge in [-0.25, -0.2) is 0 Å². The molecule has 0 aliphatic carbocycles. The van der Waals surface area contributed by atoms with Gasteiger partial charge in [-0.3, -0.25) is 4.79 Å². The first kappa shape index (κ1) is 23.5. The minimum Gasteiger partial charge on any atom is -0.490 e. The first-order valence-electron chi connectivity index (χ1n) is 10.3. The fourth-order valence-electron chi connectivity index (χ4n) is 3.29. The van der Waals surface area contributed by atoms with Gasteiger partial charge in [0.05, 0.1) is 12.7 Å². The quantitative estimate of drug-likeness (QED) is 0.188. The highest BCUT2D eigenvalue weighted by atomic mass is 127. The summed E-state index contributed by atoms with van der Waals surface area (Å²) in [6.45, 7) is 6.75. The smallest absolute Gasteiger partial charge is 0.197 e. The van der Waals surface area contributed by atoms with Crippen molar-refractivity contribution < 1.29 is 13.9 Å². The number of ketones is 1. The summed E-state index contributed by atoms with van der Waals surface area (Å²) < 4.78 is 14.0. The van der Waals surface area contributed by atoms with E-state index in [2.05, 4.69) is 71.0 Å². The van der Waals surface area contributed by atoms with E-state index < -0.39 is 0 Å². The number of halogens is 2. The number of benzene rings is 2. The highest BCUT2D eigenvalue weighted by Crippen LogP contribution is 2.33. The SMILES string of the molecule is CCCCc1oc2ccccc2c1C(=O)c1cc(I)c(OCCN(C)CC)c(I)c1. The lowest BCUT2D eigenvalue weighted by Crippen LogP contribution is -2.24. The molecule has 0 saturated heterocycles. The van der Waals surface area contributed by atoms with E-state index in [4.69, 9.17) is 9.15 Å². The molecule has 6 heteroatoms. The molecule has 1 aromatic heterocycles. The van der Waals surface area contributed by atoms with Crippen LogP contribution in [-0.4, -0.2) is 37.4 Å². The van der Waals surface area contributed by atoms with Crippen molar-refractivity contribution in [2.75, 3.05) is 26.7 Å². The van der Waals surface area contributed by atoms with Gasteiger partial charge < -0.3 is 14.1 Å². The standard InChI is InChI=1S/C24H27I2NO3/c1-4-6-10-21-22(17-9-7-8-11-20(17)30-21)23(28)16-14-18(25)24(19(26)15-16)29-13-12-27(3)5-2/h7-9,11,14-15H,4-6,10,12-13H2,1-3H3. The second kappa shape index (κ2) is 10.9. The number of ether oxygens (including phenoxy) is 1. The Morgan fingerprint density at radius 2 is 1.83 bits per heavy atom. The van der Waals surface area contributed by atoms with Gasteiger partial charge in [0.1, 0.15) is 23.7 Å². The van der Waals surface area contributed by atoms with Gasteiger partial charge in [-0.05, 0) is 83.4 Å². The molecular weight excluding hydrogens is 604 g/mol. The van der Waals surface area contributed by atoms with Crippen molar-refractivity contribution >= 4 is 61.9 Å². The van der Waals surface area contributed by atoms with E-state index in [1.54, 1.807) is 0 Å². The number of aryl methyl sites for hydroxylation is 1. The number of hydrogen-bond donors (Lipinski definition) is 0. The normalized spacial score (nSPS) is 11.4. The molecule has 1 heterocycles. The highest BCUT2D eigenvalue weighted by Gasteiger charge is 2.23. The molecule has 0 unspecified atom stereocenters. The number of furan rings is 1. The van der Waals surface area contributed by atoms with Crippen LogP contribution >= 0.6 is 45.2 Å². The maximum absolute atomic E-state index is 13.5. The zero-order valence-corrected chi connectivity index (χ0v) is 21.9. The van der Waals surface area contributed by atoms with Crippen LogP contribution < -0.4 is 4.74 Å². The van der Waals surface area contributed by atoms with Crippen molar-refractivity contribution in [3.05, 3.63) is 60.4 Å². The summed E-state index contributed by atoms with van der Waals surface area (Å²) in [7, 11) is 2.08.